The zero-order valence-electron chi connectivity index (χ0n) is 46.6. The van der Waals surface area contributed by atoms with Gasteiger partial charge in [-0.15, -0.1) is 0 Å². The fraction of sp³-hybridized carbons (Fsp3) is 0.677. The van der Waals surface area contributed by atoms with Crippen LogP contribution in [0.25, 0.3) is 0 Å². The standard InChI is InChI=1S/C62H106NO8P/c1-6-8-10-12-14-16-18-20-22-24-25-26-27-28-29-30-31-32-33-34-35-36-37-39-40-42-44-46-48-50-52-54-61(64)68-58-60(59-70-72(66,67)69-57-56-63(3,4)5)71-62(65)55-53-51-49-47-45-43-41-38-23-21-19-17-15-13-11-9-7-2/h8-11,14-17,20-23,25-26,41,43,47,49,60H,6-7,12-13,18-19,24,27-40,42,44-46,48,50-59H2,1-5H3/b10-8-,11-9-,16-14-,17-15-,22-20-,23-21-,26-25-,43-41-,49-47-. The summed E-state index contributed by atoms with van der Waals surface area (Å²) in [4.78, 5) is 37.8. The van der Waals surface area contributed by atoms with Gasteiger partial charge in [0.1, 0.15) is 19.8 Å². The minimum Gasteiger partial charge on any atom is -0.756 e. The van der Waals surface area contributed by atoms with E-state index in [1.807, 2.05) is 27.2 Å². The molecule has 0 spiro atoms. The maximum atomic E-state index is 12.7. The smallest absolute Gasteiger partial charge is 0.306 e. The van der Waals surface area contributed by atoms with Gasteiger partial charge >= 0.3 is 11.9 Å². The molecular formula is C62H106NO8P. The minimum absolute atomic E-state index is 0.0458. The topological polar surface area (TPSA) is 111 Å². The quantitative estimate of drug-likeness (QED) is 0.0195. The molecule has 0 aromatic heterocycles. The minimum atomic E-state index is -4.65. The van der Waals surface area contributed by atoms with Crippen molar-refractivity contribution in [1.29, 1.82) is 0 Å². The molecule has 0 rings (SSSR count). The van der Waals surface area contributed by atoms with E-state index in [2.05, 4.69) is 117 Å². The lowest BCUT2D eigenvalue weighted by molar-refractivity contribution is -0.870. The number of carbonyl (C=O) groups excluding carboxylic acids is 2. The molecule has 0 radical (unpaired) electrons. The molecule has 2 unspecified atom stereocenters. The van der Waals surface area contributed by atoms with Crippen molar-refractivity contribution >= 4 is 19.8 Å². The molecule has 0 N–H and O–H groups in total. The number of esters is 2. The van der Waals surface area contributed by atoms with Crippen LogP contribution in [-0.2, 0) is 32.7 Å². The first kappa shape index (κ1) is 68.7. The first-order valence-corrected chi connectivity index (χ1v) is 30.1. The van der Waals surface area contributed by atoms with Crippen LogP contribution in [-0.4, -0.2) is 70.0 Å². The van der Waals surface area contributed by atoms with Crippen LogP contribution in [0.4, 0.5) is 0 Å². The number of nitrogens with zero attached hydrogens (tertiary/aromatic N) is 1. The zero-order valence-corrected chi connectivity index (χ0v) is 47.5. The molecule has 0 aliphatic carbocycles. The Balaban J connectivity index is 4.13. The molecule has 0 aliphatic heterocycles. The molecular weight excluding hydrogens is 918 g/mol. The number of allylic oxidation sites excluding steroid dienone is 18. The summed E-state index contributed by atoms with van der Waals surface area (Å²) in [5.41, 5.74) is 0. The molecule has 0 saturated carbocycles. The van der Waals surface area contributed by atoms with Gasteiger partial charge in [-0.1, -0.05) is 226 Å². The van der Waals surface area contributed by atoms with E-state index < -0.39 is 32.5 Å². The fourth-order valence-electron chi connectivity index (χ4n) is 7.45. The van der Waals surface area contributed by atoms with Crippen molar-refractivity contribution in [2.75, 3.05) is 47.5 Å². The fourth-order valence-corrected chi connectivity index (χ4v) is 8.18. The third-order valence-corrected chi connectivity index (χ3v) is 12.8. The van der Waals surface area contributed by atoms with E-state index in [4.69, 9.17) is 18.5 Å². The first-order valence-electron chi connectivity index (χ1n) is 28.6. The number of hydrogen-bond donors (Lipinski definition) is 0. The summed E-state index contributed by atoms with van der Waals surface area (Å²) in [6.45, 7) is 3.94. The van der Waals surface area contributed by atoms with Gasteiger partial charge in [0.05, 0.1) is 27.7 Å². The second kappa shape index (κ2) is 52.5. The van der Waals surface area contributed by atoms with Gasteiger partial charge in [0.2, 0.25) is 0 Å². The number of phosphoric ester groups is 1. The molecule has 9 nitrogen and oxygen atoms in total. The second-order valence-electron chi connectivity index (χ2n) is 19.9. The average Bonchev–Trinajstić information content (AvgIpc) is 3.34. The van der Waals surface area contributed by atoms with Crippen LogP contribution in [0.3, 0.4) is 0 Å². The maximum absolute atomic E-state index is 12.7. The summed E-state index contributed by atoms with van der Waals surface area (Å²) in [5.74, 6) is -0.904. The van der Waals surface area contributed by atoms with Gasteiger partial charge in [-0.2, -0.15) is 0 Å². The van der Waals surface area contributed by atoms with E-state index >= 15 is 0 Å². The molecule has 0 saturated heterocycles. The van der Waals surface area contributed by atoms with Crippen LogP contribution in [0.15, 0.2) is 109 Å². The monoisotopic (exact) mass is 1020 g/mol. The highest BCUT2D eigenvalue weighted by molar-refractivity contribution is 7.45. The highest BCUT2D eigenvalue weighted by Crippen LogP contribution is 2.38. The number of quaternary nitrogens is 1. The third-order valence-electron chi connectivity index (χ3n) is 11.8. The van der Waals surface area contributed by atoms with Crippen molar-refractivity contribution in [2.45, 2.75) is 225 Å². The summed E-state index contributed by atoms with van der Waals surface area (Å²) in [6.07, 6.45) is 73.0. The third kappa shape index (κ3) is 56.0. The van der Waals surface area contributed by atoms with E-state index in [-0.39, 0.29) is 26.1 Å². The molecule has 0 aromatic rings. The molecule has 10 heteroatoms. The molecule has 412 valence electrons. The van der Waals surface area contributed by atoms with Crippen molar-refractivity contribution in [3.63, 3.8) is 0 Å². The highest BCUT2D eigenvalue weighted by atomic mass is 31.2. The van der Waals surface area contributed by atoms with Crippen LogP contribution in [0.5, 0.6) is 0 Å². The Hall–Kier alpha value is -3.33. The SMILES string of the molecule is CC/C=C\C/C=C\C/C=C\C/C=C\C/C=C\CCCC(=O)OC(COC(=O)CCCCCCCCCCCCCCCCCCCC/C=C\C/C=C\C/C=C\C/C=C\CC)COP(=O)([O-])OCC[N+](C)(C)C. The van der Waals surface area contributed by atoms with E-state index in [9.17, 15) is 19.0 Å². The number of rotatable bonds is 51. The summed E-state index contributed by atoms with van der Waals surface area (Å²) < 4.78 is 34.0. The van der Waals surface area contributed by atoms with Crippen LogP contribution in [0.2, 0.25) is 0 Å². The number of unbranched alkanes of at least 4 members (excludes halogenated alkanes) is 19. The zero-order chi connectivity index (χ0) is 52.7. The van der Waals surface area contributed by atoms with Gasteiger partial charge in [0.15, 0.2) is 6.10 Å². The van der Waals surface area contributed by atoms with Crippen molar-refractivity contribution in [1.82, 2.24) is 0 Å². The van der Waals surface area contributed by atoms with E-state index in [1.54, 1.807) is 0 Å². The summed E-state index contributed by atoms with van der Waals surface area (Å²) >= 11 is 0. The first-order chi connectivity index (χ1) is 35.0. The molecule has 2 atom stereocenters. The van der Waals surface area contributed by atoms with Crippen LogP contribution < -0.4 is 4.89 Å². The number of hydrogen-bond acceptors (Lipinski definition) is 8. The molecule has 0 heterocycles. The predicted molar refractivity (Wildman–Crippen MR) is 305 cm³/mol. The lowest BCUT2D eigenvalue weighted by Gasteiger charge is -2.28. The predicted octanol–water partition coefficient (Wildman–Crippen LogP) is 17.2. The summed E-state index contributed by atoms with van der Waals surface area (Å²) in [7, 11) is 1.12. The van der Waals surface area contributed by atoms with Gasteiger partial charge in [-0.25, -0.2) is 0 Å². The molecule has 0 aromatic carbocycles. The van der Waals surface area contributed by atoms with Crippen LogP contribution in [0, 0.1) is 0 Å². The Bertz CT molecular complexity index is 1580. The van der Waals surface area contributed by atoms with Gasteiger partial charge < -0.3 is 27.9 Å². The van der Waals surface area contributed by atoms with Gasteiger partial charge in [0, 0.05) is 12.8 Å². The summed E-state index contributed by atoms with van der Waals surface area (Å²) in [6, 6.07) is 0. The number of likely N-dealkylation sites (N-methyl/N-ethyl adjacent to an activating group) is 1. The lowest BCUT2D eigenvalue weighted by atomic mass is 10.0. The van der Waals surface area contributed by atoms with Crippen molar-refractivity contribution in [3.05, 3.63) is 109 Å². The Morgan fingerprint density at radius 3 is 1.15 bits per heavy atom. The Labute approximate surface area is 442 Å². The average molecular weight is 1020 g/mol. The number of ether oxygens (including phenoxy) is 2. The number of phosphoric acid groups is 1. The lowest BCUT2D eigenvalue weighted by Crippen LogP contribution is -2.37. The summed E-state index contributed by atoms with van der Waals surface area (Å²) in [5, 5.41) is 0. The maximum Gasteiger partial charge on any atom is 0.306 e. The molecule has 0 fully saturated rings. The van der Waals surface area contributed by atoms with E-state index in [1.165, 1.54) is 103 Å². The van der Waals surface area contributed by atoms with Crippen LogP contribution in [0.1, 0.15) is 219 Å². The van der Waals surface area contributed by atoms with E-state index in [0.717, 1.165) is 77.0 Å². The van der Waals surface area contributed by atoms with Gasteiger partial charge in [-0.05, 0) is 89.9 Å². The molecule has 0 amide bonds. The normalized spacial score (nSPS) is 14.1. The molecule has 0 aliphatic rings. The second-order valence-corrected chi connectivity index (χ2v) is 21.3. The molecule has 0 bridgehead atoms. The largest absolute Gasteiger partial charge is 0.756 e. The van der Waals surface area contributed by atoms with Gasteiger partial charge in [-0.3, -0.25) is 14.2 Å². The van der Waals surface area contributed by atoms with Crippen molar-refractivity contribution in [3.8, 4) is 0 Å². The Morgan fingerprint density at radius 2 is 0.764 bits per heavy atom. The van der Waals surface area contributed by atoms with Crippen molar-refractivity contribution in [2.24, 2.45) is 0 Å². The Morgan fingerprint density at radius 1 is 0.431 bits per heavy atom. The molecule has 72 heavy (non-hydrogen) atoms. The Kier molecular flexibility index (Phi) is 50.1. The highest BCUT2D eigenvalue weighted by Gasteiger charge is 2.21. The van der Waals surface area contributed by atoms with E-state index in [0.29, 0.717) is 23.9 Å². The number of carbonyl (C=O) groups is 2. The van der Waals surface area contributed by atoms with Gasteiger partial charge in [0.25, 0.3) is 7.82 Å². The van der Waals surface area contributed by atoms with Crippen molar-refractivity contribution < 1.29 is 42.1 Å². The van der Waals surface area contributed by atoms with Crippen LogP contribution >= 0.6 is 7.82 Å².